The molecule has 3 aliphatic rings. The zero-order valence-corrected chi connectivity index (χ0v) is 32.1. The van der Waals surface area contributed by atoms with Crippen LogP contribution in [0.5, 0.6) is 0 Å². The number of benzene rings is 3. The molecule has 0 bridgehead atoms. The van der Waals surface area contributed by atoms with Crippen LogP contribution in [0.25, 0.3) is 22.0 Å². The Kier molecular flexibility index (Phi) is 11.8. The van der Waals surface area contributed by atoms with E-state index in [1.807, 2.05) is 13.8 Å². The molecule has 9 nitrogen and oxygen atoms in total. The second kappa shape index (κ2) is 16.9. The molecule has 7 rings (SSSR count). The molecule has 0 spiro atoms. The van der Waals surface area contributed by atoms with E-state index in [9.17, 15) is 4.79 Å². The first-order valence-corrected chi connectivity index (χ1v) is 19.7. The van der Waals surface area contributed by atoms with Crippen LogP contribution in [0.15, 0.2) is 79.0 Å². The van der Waals surface area contributed by atoms with E-state index in [2.05, 4.69) is 105 Å². The molecule has 0 N–H and O–H groups in total. The van der Waals surface area contributed by atoms with Crippen molar-refractivity contribution in [2.45, 2.75) is 77.2 Å². The van der Waals surface area contributed by atoms with Crippen LogP contribution in [-0.2, 0) is 33.9 Å². The second-order valence-electron chi connectivity index (χ2n) is 15.7. The molecule has 1 saturated carbocycles. The number of piperazine rings is 1. The summed E-state index contributed by atoms with van der Waals surface area (Å²) >= 11 is 0. The van der Waals surface area contributed by atoms with Crippen molar-refractivity contribution in [3.05, 3.63) is 95.7 Å². The Morgan fingerprint density at radius 2 is 1.66 bits per heavy atom. The predicted octanol–water partition coefficient (Wildman–Crippen LogP) is 7.23. The topological polar surface area (TPSA) is 70.5 Å². The number of aromatic nitrogens is 1. The van der Waals surface area contributed by atoms with Gasteiger partial charge in [0, 0.05) is 95.8 Å². The number of hydrogen-bond donors (Lipinski definition) is 0. The number of carbonyl (C=O) groups is 2. The number of carbonyl (C=O) groups excluding carboxylic acids is 2. The Morgan fingerprint density at radius 1 is 0.887 bits per heavy atom. The molecule has 2 saturated heterocycles. The summed E-state index contributed by atoms with van der Waals surface area (Å²) in [5.74, 6) is -0.256. The van der Waals surface area contributed by atoms with Gasteiger partial charge >= 0.3 is 6.09 Å². The Bertz CT molecular complexity index is 1840. The Labute approximate surface area is 315 Å². The number of rotatable bonds is 13. The van der Waals surface area contributed by atoms with Crippen LogP contribution in [0, 0.1) is 5.92 Å². The summed E-state index contributed by atoms with van der Waals surface area (Å²) in [7, 11) is 3.93. The molecule has 53 heavy (non-hydrogen) atoms. The molecule has 0 unspecified atom stereocenters. The van der Waals surface area contributed by atoms with Crippen LogP contribution in [0.2, 0.25) is 0 Å². The van der Waals surface area contributed by atoms with Crippen LogP contribution in [0.4, 0.5) is 4.79 Å². The molecule has 3 fully saturated rings. The van der Waals surface area contributed by atoms with Gasteiger partial charge in [0.1, 0.15) is 0 Å². The standard InChI is InChI=1S/C44H57N5O4/c1-32(2)53-44(51)48-21-19-39(36-10-7-9-35(27-36)34-15-13-33(14-16-34)28-46-24-22-45(3)23-25-46)41(31-48)43(50)49(38-17-18-38)30-37-29-47(20-8-26-52-4)42-12-6-5-11-40(37)42/h5-7,9-16,27,29,32,38-39,41H,8,17-26,28,30-31H2,1-4H3/t39-,41+/m1/s1. The molecule has 2 atom stereocenters. The third-order valence-corrected chi connectivity index (χ3v) is 11.4. The minimum absolute atomic E-state index is 0.0151. The van der Waals surface area contributed by atoms with Gasteiger partial charge in [-0.1, -0.05) is 66.7 Å². The summed E-state index contributed by atoms with van der Waals surface area (Å²) in [5, 5.41) is 1.19. The summed E-state index contributed by atoms with van der Waals surface area (Å²) in [6, 6.07) is 26.4. The number of para-hydroxylation sites is 1. The minimum atomic E-state index is -0.375. The summed E-state index contributed by atoms with van der Waals surface area (Å²) in [4.78, 5) is 37.1. The van der Waals surface area contributed by atoms with E-state index in [0.29, 0.717) is 32.7 Å². The maximum Gasteiger partial charge on any atom is 0.410 e. The molecular formula is C44H57N5O4. The number of nitrogens with zero attached hydrogens (tertiary/aromatic N) is 5. The molecule has 1 aliphatic carbocycles. The van der Waals surface area contributed by atoms with Gasteiger partial charge in [-0.3, -0.25) is 9.69 Å². The van der Waals surface area contributed by atoms with Crippen molar-refractivity contribution in [3.8, 4) is 11.1 Å². The van der Waals surface area contributed by atoms with Crippen molar-refractivity contribution in [3.63, 3.8) is 0 Å². The number of likely N-dealkylation sites (tertiary alicyclic amines) is 1. The number of fused-ring (bicyclic) bond motifs is 1. The fourth-order valence-electron chi connectivity index (χ4n) is 8.24. The first-order chi connectivity index (χ1) is 25.8. The van der Waals surface area contributed by atoms with Crippen LogP contribution in [0.3, 0.4) is 0 Å². The van der Waals surface area contributed by atoms with E-state index in [-0.39, 0.29) is 36.0 Å². The fraction of sp³-hybridized carbons (Fsp3) is 0.500. The molecule has 4 aromatic rings. The average Bonchev–Trinajstić information content (AvgIpc) is 3.96. The average molecular weight is 720 g/mol. The first kappa shape index (κ1) is 37.1. The number of piperidine rings is 1. The Balaban J connectivity index is 1.14. The Morgan fingerprint density at radius 3 is 2.40 bits per heavy atom. The van der Waals surface area contributed by atoms with Gasteiger partial charge in [-0.2, -0.15) is 0 Å². The maximum absolute atomic E-state index is 15.0. The lowest BCUT2D eigenvalue weighted by atomic mass is 9.79. The molecule has 3 heterocycles. The highest BCUT2D eigenvalue weighted by atomic mass is 16.6. The van der Waals surface area contributed by atoms with Crippen LogP contribution in [-0.4, -0.2) is 108 Å². The fourth-order valence-corrected chi connectivity index (χ4v) is 8.24. The lowest BCUT2D eigenvalue weighted by Crippen LogP contribution is -2.50. The van der Waals surface area contributed by atoms with Crippen molar-refractivity contribution in [2.75, 3.05) is 60.0 Å². The summed E-state index contributed by atoms with van der Waals surface area (Å²) in [5.41, 5.74) is 7.17. The second-order valence-corrected chi connectivity index (χ2v) is 15.7. The number of hydrogen-bond acceptors (Lipinski definition) is 6. The third-order valence-electron chi connectivity index (χ3n) is 11.4. The number of aryl methyl sites for hydroxylation is 1. The summed E-state index contributed by atoms with van der Waals surface area (Å²) in [6.45, 7) is 12.2. The number of ether oxygens (including phenoxy) is 2. The molecule has 2 aliphatic heterocycles. The van der Waals surface area contributed by atoms with Gasteiger partial charge < -0.3 is 28.7 Å². The van der Waals surface area contributed by atoms with E-state index in [1.54, 1.807) is 12.0 Å². The van der Waals surface area contributed by atoms with Crippen molar-refractivity contribution < 1.29 is 19.1 Å². The van der Waals surface area contributed by atoms with Gasteiger partial charge in [0.05, 0.1) is 12.0 Å². The monoisotopic (exact) mass is 719 g/mol. The van der Waals surface area contributed by atoms with E-state index in [1.165, 1.54) is 27.6 Å². The highest BCUT2D eigenvalue weighted by Gasteiger charge is 2.43. The quantitative estimate of drug-likeness (QED) is 0.136. The van der Waals surface area contributed by atoms with Crippen molar-refractivity contribution >= 4 is 22.9 Å². The predicted molar refractivity (Wildman–Crippen MR) is 211 cm³/mol. The van der Waals surface area contributed by atoms with Crippen molar-refractivity contribution in [1.82, 2.24) is 24.2 Å². The van der Waals surface area contributed by atoms with Crippen LogP contribution >= 0.6 is 0 Å². The van der Waals surface area contributed by atoms with Crippen molar-refractivity contribution in [2.24, 2.45) is 5.92 Å². The van der Waals surface area contributed by atoms with E-state index in [4.69, 9.17) is 9.47 Å². The number of methoxy groups -OCH3 is 1. The molecule has 282 valence electrons. The smallest absolute Gasteiger partial charge is 0.410 e. The molecule has 9 heteroatoms. The van der Waals surface area contributed by atoms with Gasteiger partial charge in [0.2, 0.25) is 5.91 Å². The lowest BCUT2D eigenvalue weighted by Gasteiger charge is -2.40. The zero-order chi connectivity index (χ0) is 36.9. The largest absolute Gasteiger partial charge is 0.447 e. The van der Waals surface area contributed by atoms with Crippen LogP contribution < -0.4 is 0 Å². The number of amides is 2. The Hall–Kier alpha value is -4.18. The summed E-state index contributed by atoms with van der Waals surface area (Å²) < 4.78 is 13.3. The maximum atomic E-state index is 15.0. The minimum Gasteiger partial charge on any atom is -0.447 e. The normalized spacial score (nSPS) is 19.9. The van der Waals surface area contributed by atoms with Gasteiger partial charge in [-0.05, 0) is 86.4 Å². The van der Waals surface area contributed by atoms with E-state index < -0.39 is 0 Å². The van der Waals surface area contributed by atoms with Gasteiger partial charge in [-0.25, -0.2) is 4.79 Å². The van der Waals surface area contributed by atoms with E-state index in [0.717, 1.165) is 69.7 Å². The van der Waals surface area contributed by atoms with Crippen molar-refractivity contribution in [1.29, 1.82) is 0 Å². The summed E-state index contributed by atoms with van der Waals surface area (Å²) in [6.07, 6.45) is 5.32. The van der Waals surface area contributed by atoms with Crippen LogP contribution in [0.1, 0.15) is 62.1 Å². The molecule has 1 aromatic heterocycles. The highest BCUT2D eigenvalue weighted by molar-refractivity contribution is 5.86. The van der Waals surface area contributed by atoms with E-state index >= 15 is 4.79 Å². The lowest BCUT2D eigenvalue weighted by molar-refractivity contribution is -0.139. The van der Waals surface area contributed by atoms with Gasteiger partial charge in [0.15, 0.2) is 0 Å². The number of likely N-dealkylation sites (N-methyl/N-ethyl adjacent to an activating group) is 1. The highest BCUT2D eigenvalue weighted by Crippen LogP contribution is 2.40. The molecular weight excluding hydrogens is 663 g/mol. The zero-order valence-electron chi connectivity index (χ0n) is 32.1. The van der Waals surface area contributed by atoms with Gasteiger partial charge in [-0.15, -0.1) is 0 Å². The van der Waals surface area contributed by atoms with Gasteiger partial charge in [0.25, 0.3) is 0 Å². The molecule has 0 radical (unpaired) electrons. The SMILES string of the molecule is COCCCn1cc(CN(C(=O)[C@H]2CN(C(=O)OC(C)C)CC[C@@H]2c2cccc(-c3ccc(CN4CCN(C)CC4)cc3)c2)C2CC2)c2ccccc21. The molecule has 3 aromatic carbocycles. The molecule has 2 amide bonds. The first-order valence-electron chi connectivity index (χ1n) is 19.7. The third kappa shape index (κ3) is 8.97.